The molecule has 2 aromatic carbocycles. The van der Waals surface area contributed by atoms with Crippen molar-refractivity contribution in [2.24, 2.45) is 0 Å². The van der Waals surface area contributed by atoms with Gasteiger partial charge in [-0.2, -0.15) is 0 Å². The van der Waals surface area contributed by atoms with Gasteiger partial charge in [0, 0.05) is 31.6 Å². The molecule has 1 heterocycles. The largest absolute Gasteiger partial charge is 0.493 e. The van der Waals surface area contributed by atoms with Crippen molar-refractivity contribution in [3.8, 4) is 34.3 Å². The SMILES string of the molecule is COc1cc2c(c(OC)c1OC)-c1ccc(NCCCCCC(=O)Nc3cccnc3OC)c(=O)cc1[C@@H](NC(C)=O)CC2. The molecule has 11 nitrogen and oxygen atoms in total. The van der Waals surface area contributed by atoms with E-state index >= 15 is 0 Å². The molecule has 3 N–H and O–H groups in total. The Morgan fingerprint density at radius 3 is 2.43 bits per heavy atom. The number of unbranched alkanes of at least 4 members (excludes halogenated alkanes) is 2. The Morgan fingerprint density at radius 1 is 0.932 bits per heavy atom. The van der Waals surface area contributed by atoms with Crippen LogP contribution < -0.4 is 40.3 Å². The van der Waals surface area contributed by atoms with Crippen molar-refractivity contribution in [2.45, 2.75) is 51.5 Å². The Morgan fingerprint density at radius 2 is 1.73 bits per heavy atom. The Hall–Kier alpha value is -4.80. The molecule has 0 bridgehead atoms. The number of nitrogens with one attached hydrogen (secondary N) is 3. The lowest BCUT2D eigenvalue weighted by Gasteiger charge is -2.19. The summed E-state index contributed by atoms with van der Waals surface area (Å²) >= 11 is 0. The smallest absolute Gasteiger partial charge is 0.237 e. The summed E-state index contributed by atoms with van der Waals surface area (Å²) in [6.45, 7) is 2.03. The quantitative estimate of drug-likeness (QED) is 0.233. The molecule has 1 aromatic heterocycles. The number of amides is 2. The first kappa shape index (κ1) is 32.1. The average Bonchev–Trinajstić information content (AvgIpc) is 3.26. The molecule has 0 fully saturated rings. The van der Waals surface area contributed by atoms with Crippen LogP contribution in [-0.4, -0.2) is 51.8 Å². The average molecular weight is 605 g/mol. The second kappa shape index (κ2) is 15.1. The zero-order valence-electron chi connectivity index (χ0n) is 25.9. The zero-order valence-corrected chi connectivity index (χ0v) is 25.9. The second-order valence-corrected chi connectivity index (χ2v) is 10.4. The summed E-state index contributed by atoms with van der Waals surface area (Å²) in [5.41, 5.74) is 4.05. The van der Waals surface area contributed by atoms with Gasteiger partial charge < -0.3 is 34.9 Å². The molecule has 4 rings (SSSR count). The van der Waals surface area contributed by atoms with Crippen LogP contribution in [0.2, 0.25) is 0 Å². The number of hydrogen-bond acceptors (Lipinski definition) is 9. The number of anilines is 2. The molecule has 2 amide bonds. The lowest BCUT2D eigenvalue weighted by Crippen LogP contribution is -2.26. The molecule has 1 atom stereocenters. The van der Waals surface area contributed by atoms with E-state index in [0.717, 1.165) is 29.5 Å². The zero-order chi connectivity index (χ0) is 31.6. The maximum Gasteiger partial charge on any atom is 0.237 e. The molecular formula is C33H40N4O7. The van der Waals surface area contributed by atoms with Gasteiger partial charge >= 0.3 is 0 Å². The molecule has 234 valence electrons. The summed E-state index contributed by atoms with van der Waals surface area (Å²) in [5, 5.41) is 9.11. The van der Waals surface area contributed by atoms with Gasteiger partial charge in [-0.25, -0.2) is 4.98 Å². The number of fused-ring (bicyclic) bond motifs is 3. The van der Waals surface area contributed by atoms with Crippen molar-refractivity contribution < 1.29 is 28.5 Å². The number of nitrogens with zero attached hydrogens (tertiary/aromatic N) is 1. The van der Waals surface area contributed by atoms with Crippen LogP contribution in [0.5, 0.6) is 23.1 Å². The molecule has 1 aliphatic rings. The van der Waals surface area contributed by atoms with Gasteiger partial charge in [0.25, 0.3) is 0 Å². The van der Waals surface area contributed by atoms with Gasteiger partial charge in [-0.3, -0.25) is 14.4 Å². The van der Waals surface area contributed by atoms with Gasteiger partial charge in [0.05, 0.1) is 40.2 Å². The lowest BCUT2D eigenvalue weighted by molar-refractivity contribution is -0.119. The van der Waals surface area contributed by atoms with Crippen molar-refractivity contribution in [3.63, 3.8) is 0 Å². The van der Waals surface area contributed by atoms with E-state index in [1.54, 1.807) is 51.8 Å². The molecule has 0 aliphatic heterocycles. The van der Waals surface area contributed by atoms with Crippen LogP contribution in [0.3, 0.4) is 0 Å². The highest BCUT2D eigenvalue weighted by Crippen LogP contribution is 2.50. The standard InChI is InChI=1S/C33H40N4O7/c1-20(38)36-24-14-12-21-18-28(41-2)31(42-3)32(43-4)30(21)22-13-15-25(27(39)19-23(22)24)34-16-8-6-7-11-29(40)37-26-10-9-17-35-33(26)44-5/h9-10,13,15,17-19,24H,6-8,11-12,14,16H2,1-5H3,(H,34,39)(H,36,38)(H,37,40)/t24-/m0/s1. The third-order valence-corrected chi connectivity index (χ3v) is 7.55. The minimum absolute atomic E-state index is 0.110. The molecule has 0 saturated heterocycles. The first-order valence-corrected chi connectivity index (χ1v) is 14.6. The van der Waals surface area contributed by atoms with Gasteiger partial charge in [0.15, 0.2) is 11.5 Å². The van der Waals surface area contributed by atoms with E-state index in [4.69, 9.17) is 18.9 Å². The molecule has 0 unspecified atom stereocenters. The number of aryl methyl sites for hydroxylation is 1. The van der Waals surface area contributed by atoms with Crippen molar-refractivity contribution in [2.75, 3.05) is 45.6 Å². The number of ether oxygens (including phenoxy) is 4. The van der Waals surface area contributed by atoms with Gasteiger partial charge in [-0.1, -0.05) is 12.5 Å². The van der Waals surface area contributed by atoms with E-state index in [1.807, 2.05) is 12.1 Å². The maximum atomic E-state index is 13.4. The summed E-state index contributed by atoms with van der Waals surface area (Å²) in [5.74, 6) is 1.59. The van der Waals surface area contributed by atoms with E-state index < -0.39 is 0 Å². The number of rotatable bonds is 13. The van der Waals surface area contributed by atoms with Gasteiger partial charge in [0.2, 0.25) is 28.9 Å². The van der Waals surface area contributed by atoms with Crippen LogP contribution in [0.1, 0.15) is 56.2 Å². The maximum absolute atomic E-state index is 13.4. The van der Waals surface area contributed by atoms with Crippen LogP contribution in [0.25, 0.3) is 11.1 Å². The van der Waals surface area contributed by atoms with Gasteiger partial charge in [0.1, 0.15) is 5.69 Å². The number of hydrogen-bond donors (Lipinski definition) is 3. The van der Waals surface area contributed by atoms with Crippen molar-refractivity contribution in [3.05, 3.63) is 63.9 Å². The normalized spacial score (nSPS) is 13.4. The number of aromatic nitrogens is 1. The molecule has 1 aliphatic carbocycles. The van der Waals surface area contributed by atoms with Crippen LogP contribution in [0.15, 0.2) is 47.4 Å². The van der Waals surface area contributed by atoms with E-state index in [2.05, 4.69) is 20.9 Å². The predicted molar refractivity (Wildman–Crippen MR) is 169 cm³/mol. The fourth-order valence-corrected chi connectivity index (χ4v) is 5.53. The third kappa shape index (κ3) is 7.39. The number of benzene rings is 1. The lowest BCUT2D eigenvalue weighted by atomic mass is 9.95. The van der Waals surface area contributed by atoms with Crippen molar-refractivity contribution in [1.82, 2.24) is 10.3 Å². The van der Waals surface area contributed by atoms with E-state index in [0.29, 0.717) is 72.3 Å². The van der Waals surface area contributed by atoms with Gasteiger partial charge in [-0.15, -0.1) is 0 Å². The number of carbonyl (C=O) groups is 2. The Bertz CT molecular complexity index is 1560. The summed E-state index contributed by atoms with van der Waals surface area (Å²) in [4.78, 5) is 42.0. The van der Waals surface area contributed by atoms with Crippen LogP contribution >= 0.6 is 0 Å². The number of carbonyl (C=O) groups excluding carboxylic acids is 2. The monoisotopic (exact) mass is 604 g/mol. The number of pyridine rings is 1. The highest BCUT2D eigenvalue weighted by atomic mass is 16.5. The molecule has 0 saturated carbocycles. The Kier molecular flexibility index (Phi) is 11.0. The topological polar surface area (TPSA) is 137 Å². The molecule has 11 heteroatoms. The first-order chi connectivity index (χ1) is 21.3. The molecule has 0 spiro atoms. The summed E-state index contributed by atoms with van der Waals surface area (Å²) < 4.78 is 22.2. The molecule has 0 radical (unpaired) electrons. The van der Waals surface area contributed by atoms with Crippen LogP contribution in [-0.2, 0) is 16.0 Å². The molecule has 44 heavy (non-hydrogen) atoms. The van der Waals surface area contributed by atoms with Crippen LogP contribution in [0, 0.1) is 0 Å². The highest BCUT2D eigenvalue weighted by Gasteiger charge is 2.29. The molecular weight excluding hydrogens is 564 g/mol. The van der Waals surface area contributed by atoms with Crippen molar-refractivity contribution >= 4 is 23.2 Å². The van der Waals surface area contributed by atoms with Gasteiger partial charge in [-0.05, 0) is 72.7 Å². The fourth-order valence-electron chi connectivity index (χ4n) is 5.53. The van der Waals surface area contributed by atoms with Crippen LogP contribution in [0.4, 0.5) is 11.4 Å². The summed E-state index contributed by atoms with van der Waals surface area (Å²) in [6.07, 6.45) is 5.43. The fraction of sp³-hybridized carbons (Fsp3) is 0.394. The Labute approximate surface area is 257 Å². The molecule has 3 aromatic rings. The second-order valence-electron chi connectivity index (χ2n) is 10.4. The van der Waals surface area contributed by atoms with Crippen molar-refractivity contribution in [1.29, 1.82) is 0 Å². The third-order valence-electron chi connectivity index (χ3n) is 7.55. The predicted octanol–water partition coefficient (Wildman–Crippen LogP) is 4.88. The minimum atomic E-state index is -0.373. The Balaban J connectivity index is 1.50. The van der Waals surface area contributed by atoms with E-state index in [9.17, 15) is 14.4 Å². The highest BCUT2D eigenvalue weighted by molar-refractivity contribution is 5.91. The summed E-state index contributed by atoms with van der Waals surface area (Å²) in [6, 6.07) is 10.3. The van der Waals surface area contributed by atoms with E-state index in [1.165, 1.54) is 14.0 Å². The summed E-state index contributed by atoms with van der Waals surface area (Å²) in [7, 11) is 6.21. The first-order valence-electron chi connectivity index (χ1n) is 14.6. The van der Waals surface area contributed by atoms with E-state index in [-0.39, 0.29) is 23.3 Å². The number of methoxy groups -OCH3 is 4. The minimum Gasteiger partial charge on any atom is -0.493 e.